The van der Waals surface area contributed by atoms with Crippen LogP contribution in [-0.4, -0.2) is 53.9 Å². The number of nitrogens with zero attached hydrogens (tertiary/aromatic N) is 3. The molecule has 33 heavy (non-hydrogen) atoms. The predicted molar refractivity (Wildman–Crippen MR) is 130 cm³/mol. The molecule has 2 aliphatic heterocycles. The standard InChI is InChI=1S/C27H37N3O3/c1-18(2)19-8-10-20(11-9-19)27(32,26(6)16-29(7)17-26)21-12-22(14-28-13-21)30-15-23(25(3,4)5)33-24(30)31/h8-14,18,23,32H,15-17H2,1-7H3/t23?,27-/m0/s1. The Bertz CT molecular complexity index is 1020. The number of carbonyl (C=O) groups is 1. The molecule has 2 aromatic rings. The summed E-state index contributed by atoms with van der Waals surface area (Å²) in [4.78, 5) is 21.0. The number of anilines is 1. The molecular weight excluding hydrogens is 414 g/mol. The second kappa shape index (κ2) is 8.10. The van der Waals surface area contributed by atoms with E-state index >= 15 is 0 Å². The molecule has 2 atom stereocenters. The second-order valence-electron chi connectivity index (χ2n) is 11.5. The fourth-order valence-electron chi connectivity index (χ4n) is 5.24. The van der Waals surface area contributed by atoms with Crippen LogP contribution in [0.4, 0.5) is 10.5 Å². The van der Waals surface area contributed by atoms with Crippen LogP contribution in [0.2, 0.25) is 0 Å². The highest BCUT2D eigenvalue weighted by molar-refractivity contribution is 5.89. The number of amides is 1. The summed E-state index contributed by atoms with van der Waals surface area (Å²) in [5.74, 6) is 0.416. The normalized spacial score (nSPS) is 22.8. The Hall–Kier alpha value is -2.44. The van der Waals surface area contributed by atoms with Crippen LogP contribution < -0.4 is 4.90 Å². The van der Waals surface area contributed by atoms with Crippen LogP contribution in [-0.2, 0) is 10.3 Å². The molecule has 4 rings (SSSR count). The van der Waals surface area contributed by atoms with E-state index in [0.717, 1.165) is 18.7 Å². The lowest BCUT2D eigenvalue weighted by Crippen LogP contribution is -2.63. The van der Waals surface area contributed by atoms with E-state index in [0.29, 0.717) is 23.7 Å². The van der Waals surface area contributed by atoms with Gasteiger partial charge in [0, 0.05) is 35.7 Å². The Balaban J connectivity index is 1.76. The van der Waals surface area contributed by atoms with Crippen molar-refractivity contribution in [1.82, 2.24) is 9.88 Å². The minimum atomic E-state index is -1.24. The molecule has 2 fully saturated rings. The first-order valence-corrected chi connectivity index (χ1v) is 11.8. The summed E-state index contributed by atoms with van der Waals surface area (Å²) < 4.78 is 5.64. The zero-order valence-corrected chi connectivity index (χ0v) is 20.9. The van der Waals surface area contributed by atoms with Gasteiger partial charge in [-0.15, -0.1) is 0 Å². The Morgan fingerprint density at radius 2 is 1.76 bits per heavy atom. The van der Waals surface area contributed by atoms with Crippen LogP contribution in [0.15, 0.2) is 42.7 Å². The third kappa shape index (κ3) is 4.04. The largest absolute Gasteiger partial charge is 0.443 e. The van der Waals surface area contributed by atoms with Crippen LogP contribution in [0.25, 0.3) is 0 Å². The summed E-state index contributed by atoms with van der Waals surface area (Å²) in [7, 11) is 2.06. The molecule has 0 radical (unpaired) electrons. The van der Waals surface area contributed by atoms with E-state index in [1.165, 1.54) is 5.56 Å². The Morgan fingerprint density at radius 3 is 2.27 bits per heavy atom. The van der Waals surface area contributed by atoms with Crippen molar-refractivity contribution in [2.75, 3.05) is 31.6 Å². The van der Waals surface area contributed by atoms with E-state index in [9.17, 15) is 9.90 Å². The third-order valence-corrected chi connectivity index (χ3v) is 7.34. The summed E-state index contributed by atoms with van der Waals surface area (Å²) >= 11 is 0. The monoisotopic (exact) mass is 451 g/mol. The topological polar surface area (TPSA) is 65.9 Å². The Morgan fingerprint density at radius 1 is 1.12 bits per heavy atom. The highest BCUT2D eigenvalue weighted by atomic mass is 16.6. The average Bonchev–Trinajstić information content (AvgIpc) is 3.14. The van der Waals surface area contributed by atoms with Gasteiger partial charge in [0.25, 0.3) is 0 Å². The Labute approximate surface area is 197 Å². The van der Waals surface area contributed by atoms with E-state index in [2.05, 4.69) is 70.6 Å². The van der Waals surface area contributed by atoms with Crippen molar-refractivity contribution in [3.63, 3.8) is 0 Å². The van der Waals surface area contributed by atoms with Crippen molar-refractivity contribution < 1.29 is 14.6 Å². The van der Waals surface area contributed by atoms with Gasteiger partial charge in [0.05, 0.1) is 18.4 Å². The molecule has 0 saturated carbocycles. The van der Waals surface area contributed by atoms with E-state index in [1.807, 2.05) is 18.2 Å². The van der Waals surface area contributed by atoms with Gasteiger partial charge in [-0.1, -0.05) is 65.8 Å². The molecule has 2 aliphatic rings. The van der Waals surface area contributed by atoms with E-state index < -0.39 is 5.60 Å². The molecular formula is C27H37N3O3. The van der Waals surface area contributed by atoms with Gasteiger partial charge in [-0.3, -0.25) is 9.88 Å². The lowest BCUT2D eigenvalue weighted by Gasteiger charge is -2.56. The number of likely N-dealkylation sites (tertiary alicyclic amines) is 1. The number of cyclic esters (lactones) is 1. The molecule has 1 N–H and O–H groups in total. The molecule has 0 spiro atoms. The first-order valence-electron chi connectivity index (χ1n) is 11.8. The van der Waals surface area contributed by atoms with Crippen molar-refractivity contribution in [1.29, 1.82) is 0 Å². The van der Waals surface area contributed by atoms with Crippen LogP contribution in [0, 0.1) is 10.8 Å². The zero-order chi connectivity index (χ0) is 24.2. The van der Waals surface area contributed by atoms with Crippen molar-refractivity contribution in [2.45, 2.75) is 59.2 Å². The molecule has 2 saturated heterocycles. The summed E-state index contributed by atoms with van der Waals surface area (Å²) in [5.41, 5.74) is 1.64. The van der Waals surface area contributed by atoms with E-state index in [1.54, 1.807) is 17.3 Å². The number of hydrogen-bond donors (Lipinski definition) is 1. The molecule has 6 nitrogen and oxygen atoms in total. The van der Waals surface area contributed by atoms with Crippen molar-refractivity contribution >= 4 is 11.8 Å². The minimum Gasteiger partial charge on any atom is -0.443 e. The molecule has 178 valence electrons. The fourth-order valence-corrected chi connectivity index (χ4v) is 5.24. The lowest BCUT2D eigenvalue weighted by atomic mass is 9.62. The maximum Gasteiger partial charge on any atom is 0.414 e. The van der Waals surface area contributed by atoms with Crippen molar-refractivity contribution in [2.24, 2.45) is 10.8 Å². The van der Waals surface area contributed by atoms with Gasteiger partial charge >= 0.3 is 6.09 Å². The number of carbonyl (C=O) groups excluding carboxylic acids is 1. The molecule has 1 amide bonds. The number of benzene rings is 1. The van der Waals surface area contributed by atoms with E-state index in [4.69, 9.17) is 4.74 Å². The van der Waals surface area contributed by atoms with Crippen LogP contribution >= 0.6 is 0 Å². The fraction of sp³-hybridized carbons (Fsp3) is 0.556. The molecule has 0 bridgehead atoms. The summed E-state index contributed by atoms with van der Waals surface area (Å²) in [5, 5.41) is 12.4. The number of pyridine rings is 1. The van der Waals surface area contributed by atoms with Gasteiger partial charge in [-0.05, 0) is 30.2 Å². The first-order chi connectivity index (χ1) is 15.3. The minimum absolute atomic E-state index is 0.154. The number of aromatic nitrogens is 1. The molecule has 1 aromatic carbocycles. The lowest BCUT2D eigenvalue weighted by molar-refractivity contribution is -0.127. The predicted octanol–water partition coefficient (Wildman–Crippen LogP) is 4.76. The second-order valence-corrected chi connectivity index (χ2v) is 11.5. The van der Waals surface area contributed by atoms with Crippen LogP contribution in [0.1, 0.15) is 64.2 Å². The van der Waals surface area contributed by atoms with Gasteiger partial charge in [0.2, 0.25) is 0 Å². The van der Waals surface area contributed by atoms with Gasteiger partial charge in [-0.2, -0.15) is 0 Å². The SMILES string of the molecule is CC(C)c1ccc([C@](O)(c2cncc(N3CC(C(C)(C)C)OC3=O)c2)C2(C)CN(C)C2)cc1. The van der Waals surface area contributed by atoms with Gasteiger partial charge in [0.1, 0.15) is 11.7 Å². The quantitative estimate of drug-likeness (QED) is 0.710. The Kier molecular flexibility index (Phi) is 5.82. The molecule has 6 heteroatoms. The van der Waals surface area contributed by atoms with Gasteiger partial charge < -0.3 is 14.7 Å². The molecule has 1 unspecified atom stereocenters. The van der Waals surface area contributed by atoms with Gasteiger partial charge in [0.15, 0.2) is 0 Å². The maximum atomic E-state index is 12.7. The number of aliphatic hydroxyl groups is 1. The van der Waals surface area contributed by atoms with Crippen LogP contribution in [0.5, 0.6) is 0 Å². The highest BCUT2D eigenvalue weighted by Crippen LogP contribution is 2.50. The third-order valence-electron chi connectivity index (χ3n) is 7.34. The zero-order valence-electron chi connectivity index (χ0n) is 20.9. The first kappa shape index (κ1) is 23.7. The molecule has 3 heterocycles. The van der Waals surface area contributed by atoms with E-state index in [-0.39, 0.29) is 23.0 Å². The number of ether oxygens (including phenoxy) is 1. The smallest absolute Gasteiger partial charge is 0.414 e. The summed E-state index contributed by atoms with van der Waals surface area (Å²) in [6.45, 7) is 14.6. The number of rotatable bonds is 5. The van der Waals surface area contributed by atoms with Crippen LogP contribution in [0.3, 0.4) is 0 Å². The molecule has 1 aromatic heterocycles. The number of hydrogen-bond acceptors (Lipinski definition) is 5. The summed E-state index contributed by atoms with van der Waals surface area (Å²) in [6, 6.07) is 10.2. The maximum absolute atomic E-state index is 12.7. The highest BCUT2D eigenvalue weighted by Gasteiger charge is 2.55. The van der Waals surface area contributed by atoms with Crippen molar-refractivity contribution in [3.05, 3.63) is 59.4 Å². The van der Waals surface area contributed by atoms with Crippen molar-refractivity contribution in [3.8, 4) is 0 Å². The van der Waals surface area contributed by atoms with Gasteiger partial charge in [-0.25, -0.2) is 4.79 Å². The average molecular weight is 452 g/mol. The summed E-state index contributed by atoms with van der Waals surface area (Å²) in [6.07, 6.45) is 2.83. The molecule has 0 aliphatic carbocycles.